The molecule has 0 saturated carbocycles. The van der Waals surface area contributed by atoms with Crippen molar-refractivity contribution >= 4 is 8.80 Å². The van der Waals surface area contributed by atoms with Crippen LogP contribution in [-0.2, 0) is 4.74 Å². The molecule has 0 N–H and O–H groups in total. The first kappa shape index (κ1) is 10.7. The molecule has 1 saturated heterocycles. The minimum atomic E-state index is -0.463. The molecular weight excluding hydrogens is 176 g/mol. The summed E-state index contributed by atoms with van der Waals surface area (Å²) in [6, 6.07) is 0. The molecule has 0 amide bonds. The van der Waals surface area contributed by atoms with E-state index in [-0.39, 0.29) is 0 Å². The quantitative estimate of drug-likeness (QED) is 0.541. The third-order valence-corrected chi connectivity index (χ3v) is 4.98. The lowest BCUT2D eigenvalue weighted by atomic mass is 10.2. The number of rotatable bonds is 0. The van der Waals surface area contributed by atoms with Crippen LogP contribution in [0, 0.1) is 0 Å². The molecule has 74 valence electrons. The van der Waals surface area contributed by atoms with E-state index in [1.54, 1.807) is 5.20 Å². The summed E-state index contributed by atoms with van der Waals surface area (Å²) in [5.41, 5.74) is 2.34. The maximum atomic E-state index is 5.07. The van der Waals surface area contributed by atoms with E-state index in [9.17, 15) is 0 Å². The van der Waals surface area contributed by atoms with Crippen molar-refractivity contribution in [3.63, 3.8) is 0 Å². The highest BCUT2D eigenvalue weighted by Gasteiger charge is 2.02. The first-order chi connectivity index (χ1) is 6.30. The smallest absolute Gasteiger partial charge is 0.0855 e. The number of hydrogen-bond acceptors (Lipinski definition) is 1. The maximum Gasteiger partial charge on any atom is 0.0855 e. The lowest BCUT2D eigenvalue weighted by Gasteiger charge is -2.08. The van der Waals surface area contributed by atoms with E-state index in [0.29, 0.717) is 0 Å². The van der Waals surface area contributed by atoms with Crippen LogP contribution in [0.4, 0.5) is 0 Å². The van der Waals surface area contributed by atoms with Crippen LogP contribution in [0.15, 0.2) is 23.0 Å². The fourth-order valence-electron chi connectivity index (χ4n) is 1.36. The molecular formula is C11H20OSi. The highest BCUT2D eigenvalue weighted by molar-refractivity contribution is 6.71. The van der Waals surface area contributed by atoms with Crippen LogP contribution in [0.25, 0.3) is 0 Å². The standard InChI is InChI=1S/C6H10Si.C5H10O/c1-6-4-3-5-7(6)2;1-2-4-6-5-3-1/h3-5,7H,1-2H3;1-5H2. The molecule has 2 rings (SSSR count). The number of ether oxygens (including phenoxy) is 1. The Morgan fingerprint density at radius 1 is 1.23 bits per heavy atom. The van der Waals surface area contributed by atoms with E-state index in [4.69, 9.17) is 4.74 Å². The molecule has 1 atom stereocenters. The Balaban J connectivity index is 0.000000132. The van der Waals surface area contributed by atoms with Gasteiger partial charge in [-0.3, -0.25) is 0 Å². The van der Waals surface area contributed by atoms with Crippen molar-refractivity contribution in [1.82, 2.24) is 0 Å². The second-order valence-corrected chi connectivity index (χ2v) is 6.63. The van der Waals surface area contributed by atoms with Gasteiger partial charge in [0.15, 0.2) is 0 Å². The van der Waals surface area contributed by atoms with Crippen LogP contribution >= 0.6 is 0 Å². The van der Waals surface area contributed by atoms with Crippen LogP contribution < -0.4 is 0 Å². The summed E-state index contributed by atoms with van der Waals surface area (Å²) in [6.45, 7) is 6.56. The van der Waals surface area contributed by atoms with Gasteiger partial charge in [-0.15, -0.1) is 0 Å². The molecule has 1 nitrogen and oxygen atoms in total. The molecule has 2 aliphatic heterocycles. The molecule has 2 aliphatic rings. The van der Waals surface area contributed by atoms with Gasteiger partial charge in [0.25, 0.3) is 0 Å². The van der Waals surface area contributed by atoms with Gasteiger partial charge in [0.2, 0.25) is 0 Å². The topological polar surface area (TPSA) is 9.23 Å². The normalized spacial score (nSPS) is 26.3. The molecule has 0 aromatic carbocycles. The lowest BCUT2D eigenvalue weighted by molar-refractivity contribution is 0.0968. The average Bonchev–Trinajstić information content (AvgIpc) is 2.55. The molecule has 2 heterocycles. The number of hydrogen-bond donors (Lipinski definition) is 0. The molecule has 0 aliphatic carbocycles. The second kappa shape index (κ2) is 6.16. The third-order valence-electron chi connectivity index (χ3n) is 2.55. The third kappa shape index (κ3) is 4.43. The van der Waals surface area contributed by atoms with Gasteiger partial charge < -0.3 is 4.74 Å². The molecule has 1 unspecified atom stereocenters. The Hall–Kier alpha value is -0.343. The Kier molecular flexibility index (Phi) is 5.09. The Labute approximate surface area is 83.1 Å². The van der Waals surface area contributed by atoms with Gasteiger partial charge in [-0.2, -0.15) is 0 Å². The second-order valence-electron chi connectivity index (χ2n) is 3.76. The van der Waals surface area contributed by atoms with Crippen LogP contribution in [0.1, 0.15) is 26.2 Å². The molecule has 0 bridgehead atoms. The van der Waals surface area contributed by atoms with Crippen molar-refractivity contribution in [3.8, 4) is 0 Å². The SMILES string of the molecule is C1CCOCC1.CC1=CC=C[SiH]1C. The summed E-state index contributed by atoms with van der Waals surface area (Å²) >= 11 is 0. The zero-order valence-corrected chi connectivity index (χ0v) is 9.91. The maximum absolute atomic E-state index is 5.07. The van der Waals surface area contributed by atoms with Crippen molar-refractivity contribution < 1.29 is 4.74 Å². The Bertz CT molecular complexity index is 181. The zero-order chi connectivity index (χ0) is 9.52. The minimum absolute atomic E-state index is 0.463. The van der Waals surface area contributed by atoms with Gasteiger partial charge in [0, 0.05) is 13.2 Å². The van der Waals surface area contributed by atoms with Crippen molar-refractivity contribution in [2.24, 2.45) is 0 Å². The summed E-state index contributed by atoms with van der Waals surface area (Å²) in [6.07, 6.45) is 8.32. The number of allylic oxidation sites excluding steroid dienone is 3. The van der Waals surface area contributed by atoms with E-state index >= 15 is 0 Å². The molecule has 0 aromatic heterocycles. The first-order valence-electron chi connectivity index (χ1n) is 5.23. The van der Waals surface area contributed by atoms with Crippen molar-refractivity contribution in [2.45, 2.75) is 32.7 Å². The molecule has 0 spiro atoms. The Morgan fingerprint density at radius 2 is 1.92 bits per heavy atom. The van der Waals surface area contributed by atoms with Gasteiger partial charge in [0.1, 0.15) is 0 Å². The van der Waals surface area contributed by atoms with Crippen LogP contribution in [-0.4, -0.2) is 22.0 Å². The molecule has 1 fully saturated rings. The van der Waals surface area contributed by atoms with E-state index in [1.165, 1.54) is 19.3 Å². The molecule has 0 aromatic rings. The predicted molar refractivity (Wildman–Crippen MR) is 60.6 cm³/mol. The van der Waals surface area contributed by atoms with Crippen LogP contribution in [0.3, 0.4) is 0 Å². The minimum Gasteiger partial charge on any atom is -0.381 e. The monoisotopic (exact) mass is 196 g/mol. The summed E-state index contributed by atoms with van der Waals surface area (Å²) in [5.74, 6) is 0. The van der Waals surface area contributed by atoms with Gasteiger partial charge in [-0.05, 0) is 26.2 Å². The van der Waals surface area contributed by atoms with E-state index in [2.05, 4.69) is 31.3 Å². The molecule has 13 heavy (non-hydrogen) atoms. The summed E-state index contributed by atoms with van der Waals surface area (Å²) < 4.78 is 5.07. The highest BCUT2D eigenvalue weighted by atomic mass is 28.3. The van der Waals surface area contributed by atoms with E-state index in [0.717, 1.165) is 13.2 Å². The molecule has 0 radical (unpaired) electrons. The fourth-order valence-corrected chi connectivity index (χ4v) is 2.53. The molecule has 2 heteroatoms. The fraction of sp³-hybridized carbons (Fsp3) is 0.636. The summed E-state index contributed by atoms with van der Waals surface area (Å²) in [7, 11) is -0.463. The largest absolute Gasteiger partial charge is 0.381 e. The van der Waals surface area contributed by atoms with Crippen LogP contribution in [0.2, 0.25) is 6.55 Å². The summed E-state index contributed by atoms with van der Waals surface area (Å²) in [4.78, 5) is 0. The average molecular weight is 196 g/mol. The van der Waals surface area contributed by atoms with Crippen molar-refractivity contribution in [3.05, 3.63) is 23.0 Å². The first-order valence-corrected chi connectivity index (χ1v) is 7.63. The predicted octanol–water partition coefficient (Wildman–Crippen LogP) is 2.62. The highest BCUT2D eigenvalue weighted by Crippen LogP contribution is 2.07. The Morgan fingerprint density at radius 3 is 2.08 bits per heavy atom. The summed E-state index contributed by atoms with van der Waals surface area (Å²) in [5, 5.41) is 1.61. The van der Waals surface area contributed by atoms with Crippen molar-refractivity contribution in [2.75, 3.05) is 13.2 Å². The van der Waals surface area contributed by atoms with Gasteiger partial charge in [-0.25, -0.2) is 0 Å². The van der Waals surface area contributed by atoms with Gasteiger partial charge >= 0.3 is 0 Å². The van der Waals surface area contributed by atoms with E-state index < -0.39 is 8.80 Å². The zero-order valence-electron chi connectivity index (χ0n) is 8.75. The van der Waals surface area contributed by atoms with Crippen molar-refractivity contribution in [1.29, 1.82) is 0 Å². The van der Waals surface area contributed by atoms with E-state index in [1.807, 2.05) is 0 Å². The van der Waals surface area contributed by atoms with Crippen LogP contribution in [0.5, 0.6) is 0 Å². The van der Waals surface area contributed by atoms with Gasteiger partial charge in [-0.1, -0.05) is 29.6 Å². The lowest BCUT2D eigenvalue weighted by Crippen LogP contribution is -2.03. The van der Waals surface area contributed by atoms with Gasteiger partial charge in [0.05, 0.1) is 8.80 Å².